The Morgan fingerprint density at radius 1 is 1.15 bits per heavy atom. The largest absolute Gasteiger partial charge is 0.480 e. The third-order valence-corrected chi connectivity index (χ3v) is 10.8. The highest BCUT2D eigenvalue weighted by Gasteiger charge is 2.50. The Hall–Kier alpha value is -4.68. The number of anilines is 2. The van der Waals surface area contributed by atoms with Crippen LogP contribution in [0.15, 0.2) is 40.9 Å². The van der Waals surface area contributed by atoms with Gasteiger partial charge in [0.05, 0.1) is 32.4 Å². The molecule has 3 aromatic heterocycles. The van der Waals surface area contributed by atoms with Crippen LogP contribution >= 0.6 is 0 Å². The number of para-hydroxylation sites is 1. The van der Waals surface area contributed by atoms with Gasteiger partial charge in [-0.25, -0.2) is 37.3 Å². The number of carboxylic acids is 1. The van der Waals surface area contributed by atoms with Crippen molar-refractivity contribution in [3.8, 4) is 17.7 Å². The Morgan fingerprint density at radius 2 is 1.94 bits per heavy atom. The molecule has 6 heterocycles. The molecular formula is C37H37F4N5O6. The lowest BCUT2D eigenvalue weighted by Crippen LogP contribution is -2.68. The summed E-state index contributed by atoms with van der Waals surface area (Å²) in [7, 11) is 0. The molecule has 274 valence electrons. The van der Waals surface area contributed by atoms with Crippen LogP contribution in [0.1, 0.15) is 63.3 Å². The van der Waals surface area contributed by atoms with E-state index in [0.717, 1.165) is 0 Å². The number of furan rings is 1. The predicted octanol–water partition coefficient (Wildman–Crippen LogP) is 6.38. The fraction of sp³-hybridized carbons (Fsp3) is 0.514. The predicted molar refractivity (Wildman–Crippen MR) is 181 cm³/mol. The molecule has 0 bridgehead atoms. The Bertz CT molecular complexity index is 2050. The maximum absolute atomic E-state index is 14.1. The molecule has 8 rings (SSSR count). The van der Waals surface area contributed by atoms with Crippen LogP contribution in [-0.4, -0.2) is 88.6 Å². The molecule has 1 spiro atoms. The lowest BCUT2D eigenvalue weighted by Gasteiger charge is -2.53. The maximum atomic E-state index is 14.1. The van der Waals surface area contributed by atoms with Gasteiger partial charge in [-0.2, -0.15) is 0 Å². The van der Waals surface area contributed by atoms with E-state index in [4.69, 9.17) is 18.6 Å². The molecule has 0 unspecified atom stereocenters. The van der Waals surface area contributed by atoms with Crippen molar-refractivity contribution < 1.29 is 46.1 Å². The van der Waals surface area contributed by atoms with Crippen LogP contribution in [-0.2, 0) is 14.3 Å². The fourth-order valence-corrected chi connectivity index (χ4v) is 7.70. The molecule has 0 amide bonds. The second kappa shape index (κ2) is 13.4. The SMILES string of the molecule is C[C@@H]1N(c2cc(C#CCC3CCC(F)(F)CC3)cnc2O[C@H]2C[C@@H](C(=O)O)N(c3nc(C(F)F)nc4c3oc3ccccc34)C2)CCOC12COC2. The molecule has 1 aromatic carbocycles. The first-order valence-electron chi connectivity index (χ1n) is 17.5. The number of hydrogen-bond donors (Lipinski definition) is 1. The van der Waals surface area contributed by atoms with Crippen LogP contribution in [0.4, 0.5) is 29.1 Å². The second-order valence-corrected chi connectivity index (χ2v) is 14.1. The van der Waals surface area contributed by atoms with Crippen molar-refractivity contribution in [2.24, 2.45) is 5.92 Å². The topological polar surface area (TPSA) is 123 Å². The molecule has 3 aliphatic heterocycles. The summed E-state index contributed by atoms with van der Waals surface area (Å²) in [4.78, 5) is 29.0. The summed E-state index contributed by atoms with van der Waals surface area (Å²) >= 11 is 0. The molecule has 4 aromatic rings. The van der Waals surface area contributed by atoms with Crippen LogP contribution in [0.2, 0.25) is 0 Å². The minimum Gasteiger partial charge on any atom is -0.480 e. The van der Waals surface area contributed by atoms with Gasteiger partial charge in [-0.15, -0.1) is 0 Å². The Balaban J connectivity index is 1.10. The number of aromatic nitrogens is 3. The summed E-state index contributed by atoms with van der Waals surface area (Å²) in [5.74, 6) is 2.13. The fourth-order valence-electron chi connectivity index (χ4n) is 7.70. The van der Waals surface area contributed by atoms with Gasteiger partial charge in [0.1, 0.15) is 34.5 Å². The van der Waals surface area contributed by atoms with Crippen LogP contribution in [0.3, 0.4) is 0 Å². The van der Waals surface area contributed by atoms with Crippen LogP contribution in [0, 0.1) is 17.8 Å². The van der Waals surface area contributed by atoms with E-state index >= 15 is 0 Å². The molecular weight excluding hydrogens is 686 g/mol. The average molecular weight is 724 g/mol. The van der Waals surface area contributed by atoms with Crippen molar-refractivity contribution >= 4 is 39.5 Å². The standard InChI is InChI=1S/C37H37F4N5O6/c1-21-36(19-49-20-36)50-14-13-45(21)26-15-23(6-4-5-22-9-11-37(40,41)12-10-22)17-42-34(26)51-24-16-27(35(47)48)46(18-24)33-30-29(43-32(44-33)31(38)39)25-7-2-3-8-28(25)52-30/h2-3,7-8,15,17,21-22,24,27,31H,5,9-14,16,18-20H2,1H3,(H,47,48)/t21-,24-,27-/m0/s1. The number of carbonyl (C=O) groups is 1. The van der Waals surface area contributed by atoms with Gasteiger partial charge in [0.2, 0.25) is 11.8 Å². The highest BCUT2D eigenvalue weighted by Crippen LogP contribution is 2.42. The number of hydrogen-bond acceptors (Lipinski definition) is 10. The van der Waals surface area contributed by atoms with Gasteiger partial charge >= 0.3 is 5.97 Å². The number of nitrogens with zero attached hydrogens (tertiary/aromatic N) is 5. The van der Waals surface area contributed by atoms with Crippen molar-refractivity contribution in [1.29, 1.82) is 0 Å². The zero-order valence-corrected chi connectivity index (χ0v) is 28.4. The summed E-state index contributed by atoms with van der Waals surface area (Å²) in [6.07, 6.45) is -1.02. The van der Waals surface area contributed by atoms with Crippen LogP contribution in [0.5, 0.6) is 5.88 Å². The molecule has 0 radical (unpaired) electrons. The quantitative estimate of drug-likeness (QED) is 0.169. The molecule has 3 atom stereocenters. The first kappa shape index (κ1) is 34.4. The third-order valence-electron chi connectivity index (χ3n) is 10.8. The minimum absolute atomic E-state index is 0.00459. The Labute approximate surface area is 296 Å². The van der Waals surface area contributed by atoms with Crippen LogP contribution < -0.4 is 14.5 Å². The number of rotatable bonds is 7. The minimum atomic E-state index is -3.00. The van der Waals surface area contributed by atoms with E-state index in [0.29, 0.717) is 67.8 Å². The first-order valence-corrected chi connectivity index (χ1v) is 17.5. The average Bonchev–Trinajstić information content (AvgIpc) is 3.70. The van der Waals surface area contributed by atoms with Crippen molar-refractivity contribution in [3.63, 3.8) is 0 Å². The number of pyridine rings is 1. The van der Waals surface area contributed by atoms with Gasteiger partial charge < -0.3 is 33.5 Å². The summed E-state index contributed by atoms with van der Waals surface area (Å²) in [5, 5.41) is 10.8. The molecule has 4 fully saturated rings. The van der Waals surface area contributed by atoms with Crippen molar-refractivity contribution in [3.05, 3.63) is 47.9 Å². The molecule has 4 aliphatic rings. The van der Waals surface area contributed by atoms with Crippen molar-refractivity contribution in [2.75, 3.05) is 42.7 Å². The number of morpholine rings is 1. The van der Waals surface area contributed by atoms with Crippen molar-refractivity contribution in [2.45, 2.75) is 81.6 Å². The smallest absolute Gasteiger partial charge is 0.326 e. The molecule has 3 saturated heterocycles. The van der Waals surface area contributed by atoms with Gasteiger partial charge in [0, 0.05) is 49.4 Å². The lowest BCUT2D eigenvalue weighted by molar-refractivity contribution is -0.228. The van der Waals surface area contributed by atoms with E-state index in [9.17, 15) is 27.5 Å². The number of halogens is 4. The van der Waals surface area contributed by atoms with Gasteiger partial charge in [-0.3, -0.25) is 0 Å². The van der Waals surface area contributed by atoms with Crippen molar-refractivity contribution in [1.82, 2.24) is 15.0 Å². The van der Waals surface area contributed by atoms with E-state index in [1.807, 2.05) is 13.0 Å². The summed E-state index contributed by atoms with van der Waals surface area (Å²) in [6.45, 7) is 3.84. The molecule has 15 heteroatoms. The van der Waals surface area contributed by atoms with Gasteiger partial charge in [-0.05, 0) is 43.9 Å². The number of carboxylic acid groups (broad SMARTS) is 1. The van der Waals surface area contributed by atoms with E-state index < -0.39 is 41.9 Å². The van der Waals surface area contributed by atoms with E-state index in [1.54, 1.807) is 30.5 Å². The van der Waals surface area contributed by atoms with E-state index in [1.165, 1.54) is 4.90 Å². The number of ether oxygens (including phenoxy) is 3. The number of benzene rings is 1. The normalized spacial score (nSPS) is 24.3. The highest BCUT2D eigenvalue weighted by molar-refractivity contribution is 6.06. The molecule has 1 aliphatic carbocycles. The summed E-state index contributed by atoms with van der Waals surface area (Å²) in [5.41, 5.74) is 1.43. The third kappa shape index (κ3) is 6.36. The van der Waals surface area contributed by atoms with Gasteiger partial charge in [-0.1, -0.05) is 24.0 Å². The number of alkyl halides is 4. The van der Waals surface area contributed by atoms with Gasteiger partial charge in [0.25, 0.3) is 6.43 Å². The lowest BCUT2D eigenvalue weighted by atomic mass is 9.85. The first-order chi connectivity index (χ1) is 25.0. The van der Waals surface area contributed by atoms with Gasteiger partial charge in [0.15, 0.2) is 17.2 Å². The molecule has 1 saturated carbocycles. The number of aliphatic carboxylic acids is 1. The monoisotopic (exact) mass is 723 g/mol. The zero-order chi connectivity index (χ0) is 36.2. The highest BCUT2D eigenvalue weighted by atomic mass is 19.3. The Kier molecular flexibility index (Phi) is 8.85. The molecule has 11 nitrogen and oxygen atoms in total. The summed E-state index contributed by atoms with van der Waals surface area (Å²) in [6, 6.07) is 7.42. The maximum Gasteiger partial charge on any atom is 0.326 e. The Morgan fingerprint density at radius 3 is 2.67 bits per heavy atom. The van der Waals surface area contributed by atoms with Crippen LogP contribution in [0.25, 0.3) is 22.1 Å². The zero-order valence-electron chi connectivity index (χ0n) is 28.4. The molecule has 1 N–H and O–H groups in total. The van der Waals surface area contributed by atoms with E-state index in [-0.39, 0.29) is 60.6 Å². The second-order valence-electron chi connectivity index (χ2n) is 14.1. The molecule has 52 heavy (non-hydrogen) atoms. The van der Waals surface area contributed by atoms with E-state index in [2.05, 4.69) is 31.7 Å². The number of fused-ring (bicyclic) bond motifs is 3. The summed E-state index contributed by atoms with van der Waals surface area (Å²) < 4.78 is 79.7.